The Morgan fingerprint density at radius 3 is 2.63 bits per heavy atom. The van der Waals surface area contributed by atoms with E-state index in [0.717, 1.165) is 24.8 Å². The molecule has 27 heavy (non-hydrogen) atoms. The van der Waals surface area contributed by atoms with Crippen molar-refractivity contribution in [2.75, 3.05) is 6.54 Å². The summed E-state index contributed by atoms with van der Waals surface area (Å²) in [7, 11) is 0. The lowest BCUT2D eigenvalue weighted by Crippen LogP contribution is -2.38. The number of rotatable bonds is 3. The second-order valence-electron chi connectivity index (χ2n) is 6.74. The Morgan fingerprint density at radius 1 is 1.04 bits per heavy atom. The molecule has 1 aliphatic heterocycles. The van der Waals surface area contributed by atoms with Gasteiger partial charge in [-0.3, -0.25) is 14.7 Å². The summed E-state index contributed by atoms with van der Waals surface area (Å²) in [5.74, 6) is -0.551. The predicted molar refractivity (Wildman–Crippen MR) is 100 cm³/mol. The number of halogens is 1. The van der Waals surface area contributed by atoms with Crippen LogP contribution in [0.1, 0.15) is 41.4 Å². The van der Waals surface area contributed by atoms with Gasteiger partial charge >= 0.3 is 0 Å². The lowest BCUT2D eigenvalue weighted by molar-refractivity contribution is 0.0604. The second-order valence-corrected chi connectivity index (χ2v) is 6.74. The van der Waals surface area contributed by atoms with Crippen LogP contribution in [-0.2, 0) is 0 Å². The largest absolute Gasteiger partial charge is 0.330 e. The van der Waals surface area contributed by atoms with Crippen molar-refractivity contribution in [2.24, 2.45) is 0 Å². The Labute approximate surface area is 156 Å². The van der Waals surface area contributed by atoms with Crippen LogP contribution in [0.25, 0.3) is 5.69 Å². The maximum atomic E-state index is 13.7. The van der Waals surface area contributed by atoms with E-state index in [1.165, 1.54) is 22.9 Å². The van der Waals surface area contributed by atoms with Gasteiger partial charge in [-0.15, -0.1) is 0 Å². The first kappa shape index (κ1) is 17.3. The molecule has 1 aliphatic rings. The van der Waals surface area contributed by atoms with E-state index in [1.807, 2.05) is 24.3 Å². The van der Waals surface area contributed by atoms with Crippen LogP contribution in [0.3, 0.4) is 0 Å². The number of H-pyrrole nitrogens is 1. The predicted octanol–water partition coefficient (Wildman–Crippen LogP) is 3.67. The number of aromatic amines is 1. The molecule has 1 amide bonds. The van der Waals surface area contributed by atoms with E-state index in [9.17, 15) is 14.0 Å². The lowest BCUT2D eigenvalue weighted by Gasteiger charge is -2.35. The van der Waals surface area contributed by atoms with E-state index in [-0.39, 0.29) is 29.0 Å². The molecule has 6 heteroatoms. The summed E-state index contributed by atoms with van der Waals surface area (Å²) in [6.07, 6.45) is 2.65. The van der Waals surface area contributed by atoms with Gasteiger partial charge in [0.2, 0.25) is 0 Å². The minimum atomic E-state index is -0.311. The molecule has 1 atom stereocenters. The van der Waals surface area contributed by atoms with Gasteiger partial charge in [0.25, 0.3) is 11.5 Å². The zero-order chi connectivity index (χ0) is 18.8. The Kier molecular flexibility index (Phi) is 4.62. The van der Waals surface area contributed by atoms with Crippen LogP contribution >= 0.6 is 0 Å². The van der Waals surface area contributed by atoms with Gasteiger partial charge in [-0.05, 0) is 49.1 Å². The van der Waals surface area contributed by atoms with Gasteiger partial charge in [0.15, 0.2) is 0 Å². The normalized spacial score (nSPS) is 17.1. The summed E-state index contributed by atoms with van der Waals surface area (Å²) in [6.45, 7) is 0.582. The maximum Gasteiger partial charge on any atom is 0.272 e. The zero-order valence-electron chi connectivity index (χ0n) is 14.8. The van der Waals surface area contributed by atoms with Crippen molar-refractivity contribution in [3.8, 4) is 5.69 Å². The number of carbonyl (C=O) groups excluding carboxylic acids is 1. The molecular formula is C21H20FN3O2. The van der Waals surface area contributed by atoms with Crippen molar-refractivity contribution in [1.29, 1.82) is 0 Å². The third-order valence-electron chi connectivity index (χ3n) is 4.96. The SMILES string of the molecule is O=C(c1cc(=O)n(-c2ccccc2)[nH]1)N1CCCC[C@@H]1c1cccc(F)c1. The molecule has 5 nitrogen and oxygen atoms in total. The number of benzene rings is 2. The van der Waals surface area contributed by atoms with Crippen LogP contribution in [0, 0.1) is 5.82 Å². The van der Waals surface area contributed by atoms with Crippen LogP contribution in [0.4, 0.5) is 4.39 Å². The van der Waals surface area contributed by atoms with Gasteiger partial charge in [0, 0.05) is 12.6 Å². The second kappa shape index (κ2) is 7.23. The average molecular weight is 365 g/mol. The fourth-order valence-electron chi connectivity index (χ4n) is 3.66. The highest BCUT2D eigenvalue weighted by Gasteiger charge is 2.30. The monoisotopic (exact) mass is 365 g/mol. The molecule has 2 aromatic carbocycles. The van der Waals surface area contributed by atoms with Gasteiger partial charge in [-0.25, -0.2) is 9.07 Å². The van der Waals surface area contributed by atoms with Gasteiger partial charge in [0.05, 0.1) is 11.7 Å². The molecule has 1 aromatic heterocycles. The van der Waals surface area contributed by atoms with Crippen LogP contribution in [0.5, 0.6) is 0 Å². The first-order valence-corrected chi connectivity index (χ1v) is 9.07. The fraction of sp³-hybridized carbons (Fsp3) is 0.238. The summed E-state index contributed by atoms with van der Waals surface area (Å²) >= 11 is 0. The lowest BCUT2D eigenvalue weighted by atomic mass is 9.95. The van der Waals surface area contributed by atoms with Crippen molar-refractivity contribution in [2.45, 2.75) is 25.3 Å². The Hall–Kier alpha value is -3.15. The van der Waals surface area contributed by atoms with Gasteiger partial charge in [-0.2, -0.15) is 0 Å². The van der Waals surface area contributed by atoms with Gasteiger partial charge in [-0.1, -0.05) is 30.3 Å². The molecule has 0 radical (unpaired) electrons. The van der Waals surface area contributed by atoms with E-state index in [2.05, 4.69) is 5.10 Å². The molecule has 0 bridgehead atoms. The van der Waals surface area contributed by atoms with Gasteiger partial charge in [0.1, 0.15) is 11.5 Å². The first-order valence-electron chi connectivity index (χ1n) is 9.07. The van der Waals surface area contributed by atoms with Crippen LogP contribution in [0.15, 0.2) is 65.5 Å². The van der Waals surface area contributed by atoms with Crippen molar-refractivity contribution in [1.82, 2.24) is 14.7 Å². The van der Waals surface area contributed by atoms with Gasteiger partial charge < -0.3 is 4.90 Å². The molecule has 1 N–H and O–H groups in total. The molecule has 4 rings (SSSR count). The number of amides is 1. The zero-order valence-corrected chi connectivity index (χ0v) is 14.8. The van der Waals surface area contributed by atoms with E-state index in [0.29, 0.717) is 12.2 Å². The summed E-state index contributed by atoms with van der Waals surface area (Å²) in [5.41, 5.74) is 1.41. The number of nitrogens with zero attached hydrogens (tertiary/aromatic N) is 2. The summed E-state index contributed by atoms with van der Waals surface area (Å²) in [6, 6.07) is 16.6. The highest BCUT2D eigenvalue weighted by atomic mass is 19.1. The summed E-state index contributed by atoms with van der Waals surface area (Å²) in [5, 5.41) is 2.92. The molecule has 3 aromatic rings. The summed E-state index contributed by atoms with van der Waals surface area (Å²) in [4.78, 5) is 27.2. The molecular weight excluding hydrogens is 345 g/mol. The maximum absolute atomic E-state index is 13.7. The molecule has 138 valence electrons. The van der Waals surface area contributed by atoms with E-state index in [4.69, 9.17) is 0 Å². The standard InChI is InChI=1S/C21H20FN3O2/c22-16-8-6-7-15(13-16)19-11-4-5-12-24(19)21(27)18-14-20(26)25(23-18)17-9-2-1-3-10-17/h1-3,6-10,13-14,19,23H,4-5,11-12H2/t19-/m1/s1. The number of carbonyl (C=O) groups is 1. The highest BCUT2D eigenvalue weighted by molar-refractivity contribution is 5.92. The smallest absolute Gasteiger partial charge is 0.272 e. The molecule has 2 heterocycles. The van der Waals surface area contributed by atoms with E-state index < -0.39 is 0 Å². The minimum absolute atomic E-state index is 0.189. The molecule has 1 fully saturated rings. The Bertz CT molecular complexity index is 1010. The molecule has 1 saturated heterocycles. The van der Waals surface area contributed by atoms with Crippen molar-refractivity contribution >= 4 is 5.91 Å². The molecule has 0 saturated carbocycles. The number of nitrogens with one attached hydrogen (secondary N) is 1. The number of aromatic nitrogens is 2. The van der Waals surface area contributed by atoms with E-state index >= 15 is 0 Å². The van der Waals surface area contributed by atoms with Crippen LogP contribution in [0.2, 0.25) is 0 Å². The summed E-state index contributed by atoms with van der Waals surface area (Å²) < 4.78 is 15.0. The number of hydrogen-bond donors (Lipinski definition) is 1. The first-order chi connectivity index (χ1) is 13.1. The average Bonchev–Trinajstić information content (AvgIpc) is 3.10. The number of likely N-dealkylation sites (tertiary alicyclic amines) is 1. The minimum Gasteiger partial charge on any atom is -0.330 e. The molecule has 0 unspecified atom stereocenters. The van der Waals surface area contributed by atoms with Crippen LogP contribution < -0.4 is 5.56 Å². The van der Waals surface area contributed by atoms with E-state index in [1.54, 1.807) is 23.1 Å². The van der Waals surface area contributed by atoms with Crippen molar-refractivity contribution < 1.29 is 9.18 Å². The third kappa shape index (κ3) is 3.43. The van der Waals surface area contributed by atoms with Crippen molar-refractivity contribution in [3.05, 3.63) is 88.1 Å². The fourth-order valence-corrected chi connectivity index (χ4v) is 3.66. The Balaban J connectivity index is 1.66. The number of para-hydroxylation sites is 1. The van der Waals surface area contributed by atoms with Crippen molar-refractivity contribution in [3.63, 3.8) is 0 Å². The molecule has 0 spiro atoms. The third-order valence-corrected chi connectivity index (χ3v) is 4.96. The number of hydrogen-bond acceptors (Lipinski definition) is 2. The number of piperidine rings is 1. The van der Waals surface area contributed by atoms with Crippen LogP contribution in [-0.4, -0.2) is 27.1 Å². The topological polar surface area (TPSA) is 58.1 Å². The highest BCUT2D eigenvalue weighted by Crippen LogP contribution is 2.32. The Morgan fingerprint density at radius 2 is 1.85 bits per heavy atom. The quantitative estimate of drug-likeness (QED) is 0.770. The molecule has 0 aliphatic carbocycles.